The molecular weight excluding hydrogens is 344 g/mol. The number of aryl methyl sites for hydroxylation is 2. The number of carbonyl (C=O) groups excluding carboxylic acids is 2. The SMILES string of the molecule is CCOc1ccc2oc(C(=O)OCC(=O)c3ccc(CC)cc3)c(C)c2c1. The van der Waals surface area contributed by atoms with Gasteiger partial charge in [-0.3, -0.25) is 4.79 Å². The van der Waals surface area contributed by atoms with Gasteiger partial charge in [-0.2, -0.15) is 0 Å². The van der Waals surface area contributed by atoms with Gasteiger partial charge < -0.3 is 13.9 Å². The summed E-state index contributed by atoms with van der Waals surface area (Å²) in [6, 6.07) is 12.7. The second-order valence-corrected chi connectivity index (χ2v) is 6.20. The first-order chi connectivity index (χ1) is 13.0. The van der Waals surface area contributed by atoms with Crippen LogP contribution in [-0.2, 0) is 11.2 Å². The Kier molecular flexibility index (Phi) is 5.60. The summed E-state index contributed by atoms with van der Waals surface area (Å²) < 4.78 is 16.3. The van der Waals surface area contributed by atoms with Gasteiger partial charge in [-0.15, -0.1) is 0 Å². The Hall–Kier alpha value is -3.08. The minimum atomic E-state index is -0.653. The monoisotopic (exact) mass is 366 g/mol. The number of hydrogen-bond donors (Lipinski definition) is 0. The third kappa shape index (κ3) is 4.03. The Labute approximate surface area is 157 Å². The lowest BCUT2D eigenvalue weighted by molar-refractivity contribution is 0.0445. The standard InChI is InChI=1S/C22H22O5/c1-4-15-6-8-16(9-7-15)19(23)13-26-22(24)21-14(3)18-12-17(25-5-2)10-11-20(18)27-21/h6-12H,4-5,13H2,1-3H3. The minimum Gasteiger partial charge on any atom is -0.494 e. The molecule has 0 fully saturated rings. The van der Waals surface area contributed by atoms with Crippen molar-refractivity contribution in [1.82, 2.24) is 0 Å². The van der Waals surface area contributed by atoms with Crippen LogP contribution in [0.4, 0.5) is 0 Å². The molecule has 0 aliphatic heterocycles. The Balaban J connectivity index is 1.71. The number of furan rings is 1. The number of rotatable bonds is 7. The number of fused-ring (bicyclic) bond motifs is 1. The lowest BCUT2D eigenvalue weighted by Crippen LogP contribution is -2.14. The summed E-state index contributed by atoms with van der Waals surface area (Å²) in [7, 11) is 0. The molecule has 1 heterocycles. The van der Waals surface area contributed by atoms with Crippen molar-refractivity contribution in [2.45, 2.75) is 27.2 Å². The fourth-order valence-electron chi connectivity index (χ4n) is 2.86. The van der Waals surface area contributed by atoms with Gasteiger partial charge >= 0.3 is 5.97 Å². The van der Waals surface area contributed by atoms with Gasteiger partial charge in [0, 0.05) is 16.5 Å². The van der Waals surface area contributed by atoms with E-state index in [0.29, 0.717) is 29.1 Å². The van der Waals surface area contributed by atoms with E-state index < -0.39 is 5.97 Å². The van der Waals surface area contributed by atoms with Crippen molar-refractivity contribution in [3.63, 3.8) is 0 Å². The first kappa shape index (κ1) is 18.7. The topological polar surface area (TPSA) is 65.7 Å². The average molecular weight is 366 g/mol. The molecular formula is C22H22O5. The zero-order valence-electron chi connectivity index (χ0n) is 15.7. The van der Waals surface area contributed by atoms with Gasteiger partial charge in [0.2, 0.25) is 5.76 Å². The van der Waals surface area contributed by atoms with Crippen LogP contribution in [0, 0.1) is 6.92 Å². The van der Waals surface area contributed by atoms with Crippen LogP contribution in [0.2, 0.25) is 0 Å². The van der Waals surface area contributed by atoms with E-state index >= 15 is 0 Å². The van der Waals surface area contributed by atoms with Crippen LogP contribution in [0.25, 0.3) is 11.0 Å². The first-order valence-corrected chi connectivity index (χ1v) is 8.98. The Morgan fingerprint density at radius 3 is 2.44 bits per heavy atom. The zero-order chi connectivity index (χ0) is 19.4. The molecule has 0 spiro atoms. The number of ether oxygens (including phenoxy) is 2. The molecule has 140 valence electrons. The summed E-state index contributed by atoms with van der Waals surface area (Å²) in [5, 5.41) is 0.786. The maximum Gasteiger partial charge on any atom is 0.375 e. The van der Waals surface area contributed by atoms with Crippen LogP contribution in [-0.4, -0.2) is 25.0 Å². The molecule has 2 aromatic carbocycles. The third-order valence-electron chi connectivity index (χ3n) is 4.42. The summed E-state index contributed by atoms with van der Waals surface area (Å²) in [4.78, 5) is 24.6. The molecule has 0 radical (unpaired) electrons. The van der Waals surface area contributed by atoms with E-state index in [2.05, 4.69) is 0 Å². The van der Waals surface area contributed by atoms with E-state index in [1.54, 1.807) is 31.2 Å². The molecule has 3 aromatic rings. The lowest BCUT2D eigenvalue weighted by atomic mass is 10.1. The highest BCUT2D eigenvalue weighted by molar-refractivity contribution is 6.00. The highest BCUT2D eigenvalue weighted by atomic mass is 16.5. The molecule has 0 saturated heterocycles. The van der Waals surface area contributed by atoms with Crippen molar-refractivity contribution >= 4 is 22.7 Å². The zero-order valence-corrected chi connectivity index (χ0v) is 15.7. The van der Waals surface area contributed by atoms with Gasteiger partial charge in [-0.1, -0.05) is 31.2 Å². The summed E-state index contributed by atoms with van der Waals surface area (Å²) in [5.41, 5.74) is 2.90. The average Bonchev–Trinajstić information content (AvgIpc) is 3.02. The van der Waals surface area contributed by atoms with Crippen molar-refractivity contribution in [3.8, 4) is 5.75 Å². The van der Waals surface area contributed by atoms with Crippen molar-refractivity contribution in [2.24, 2.45) is 0 Å². The molecule has 0 saturated carbocycles. The molecule has 0 amide bonds. The van der Waals surface area contributed by atoms with Gasteiger partial charge in [-0.25, -0.2) is 4.79 Å². The number of hydrogen-bond acceptors (Lipinski definition) is 5. The number of benzene rings is 2. The van der Waals surface area contributed by atoms with E-state index in [1.807, 2.05) is 32.0 Å². The summed E-state index contributed by atoms with van der Waals surface area (Å²) in [6.45, 7) is 5.96. The van der Waals surface area contributed by atoms with Gasteiger partial charge in [0.1, 0.15) is 11.3 Å². The van der Waals surface area contributed by atoms with Crippen LogP contribution < -0.4 is 4.74 Å². The molecule has 0 atom stereocenters. The molecule has 0 bridgehead atoms. The van der Waals surface area contributed by atoms with Crippen molar-refractivity contribution in [2.75, 3.05) is 13.2 Å². The predicted octanol–water partition coefficient (Wildman–Crippen LogP) is 4.74. The van der Waals surface area contributed by atoms with Gasteiger partial charge in [0.05, 0.1) is 6.61 Å². The highest BCUT2D eigenvalue weighted by Gasteiger charge is 2.20. The summed E-state index contributed by atoms with van der Waals surface area (Å²) >= 11 is 0. The lowest BCUT2D eigenvalue weighted by Gasteiger charge is -2.04. The molecule has 0 N–H and O–H groups in total. The van der Waals surface area contributed by atoms with Crippen LogP contribution in [0.1, 0.15) is 45.9 Å². The van der Waals surface area contributed by atoms with Crippen LogP contribution in [0.5, 0.6) is 5.75 Å². The summed E-state index contributed by atoms with van der Waals surface area (Å²) in [5.74, 6) is -0.0918. The van der Waals surface area contributed by atoms with Crippen LogP contribution in [0.15, 0.2) is 46.9 Å². The van der Waals surface area contributed by atoms with Crippen molar-refractivity contribution in [3.05, 3.63) is 64.9 Å². The fraction of sp³-hybridized carbons (Fsp3) is 0.273. The quantitative estimate of drug-likeness (QED) is 0.446. The number of esters is 1. The van der Waals surface area contributed by atoms with E-state index in [9.17, 15) is 9.59 Å². The second-order valence-electron chi connectivity index (χ2n) is 6.20. The van der Waals surface area contributed by atoms with Crippen molar-refractivity contribution < 1.29 is 23.5 Å². The maximum atomic E-state index is 12.4. The predicted molar refractivity (Wildman–Crippen MR) is 103 cm³/mol. The Morgan fingerprint density at radius 1 is 1.04 bits per heavy atom. The normalized spacial score (nSPS) is 10.8. The number of carbonyl (C=O) groups is 2. The minimum absolute atomic E-state index is 0.104. The van der Waals surface area contributed by atoms with E-state index in [1.165, 1.54) is 0 Å². The number of ketones is 1. The molecule has 1 aromatic heterocycles. The van der Waals surface area contributed by atoms with E-state index in [-0.39, 0.29) is 18.2 Å². The first-order valence-electron chi connectivity index (χ1n) is 8.98. The van der Waals surface area contributed by atoms with Gasteiger partial charge in [0.25, 0.3) is 0 Å². The Morgan fingerprint density at radius 2 is 1.78 bits per heavy atom. The molecule has 0 unspecified atom stereocenters. The van der Waals surface area contributed by atoms with Crippen LogP contribution in [0.3, 0.4) is 0 Å². The van der Waals surface area contributed by atoms with E-state index in [0.717, 1.165) is 17.4 Å². The van der Waals surface area contributed by atoms with Gasteiger partial charge in [-0.05, 0) is 44.0 Å². The van der Waals surface area contributed by atoms with Gasteiger partial charge in [0.15, 0.2) is 12.4 Å². The second kappa shape index (κ2) is 8.08. The van der Waals surface area contributed by atoms with Crippen molar-refractivity contribution in [1.29, 1.82) is 0 Å². The smallest absolute Gasteiger partial charge is 0.375 e. The van der Waals surface area contributed by atoms with Crippen LogP contribution >= 0.6 is 0 Å². The molecule has 5 heteroatoms. The molecule has 0 aliphatic carbocycles. The largest absolute Gasteiger partial charge is 0.494 e. The Bertz CT molecular complexity index is 966. The summed E-state index contributed by atoms with van der Waals surface area (Å²) in [6.07, 6.45) is 0.903. The molecule has 0 aliphatic rings. The molecule has 27 heavy (non-hydrogen) atoms. The third-order valence-corrected chi connectivity index (χ3v) is 4.42. The molecule has 5 nitrogen and oxygen atoms in total. The highest BCUT2D eigenvalue weighted by Crippen LogP contribution is 2.29. The fourth-order valence-corrected chi connectivity index (χ4v) is 2.86. The maximum absolute atomic E-state index is 12.4. The molecule has 3 rings (SSSR count). The number of Topliss-reactive ketones (excluding diaryl/α,β-unsaturated/α-hetero) is 1. The van der Waals surface area contributed by atoms with E-state index in [4.69, 9.17) is 13.9 Å².